The summed E-state index contributed by atoms with van der Waals surface area (Å²) >= 11 is 0. The molecular weight excluding hydrogens is 382 g/mol. The number of aldehydes is 1. The predicted octanol–water partition coefficient (Wildman–Crippen LogP) is 2.81. The lowest BCUT2D eigenvalue weighted by Crippen LogP contribution is -2.33. The van der Waals surface area contributed by atoms with E-state index >= 15 is 0 Å². The van der Waals surface area contributed by atoms with Gasteiger partial charge in [0.05, 0.1) is 12.1 Å². The van der Waals surface area contributed by atoms with E-state index in [0.29, 0.717) is 28.7 Å². The van der Waals surface area contributed by atoms with Crippen LogP contribution in [0.3, 0.4) is 0 Å². The average molecular weight is 405 g/mol. The Morgan fingerprint density at radius 3 is 2.20 bits per heavy atom. The molecule has 0 atom stereocenters. The highest BCUT2D eigenvalue weighted by Crippen LogP contribution is 2.16. The van der Waals surface area contributed by atoms with Gasteiger partial charge in [-0.25, -0.2) is 4.79 Å². The highest BCUT2D eigenvalue weighted by Gasteiger charge is 2.14. The van der Waals surface area contributed by atoms with E-state index in [9.17, 15) is 14.4 Å². The molecule has 30 heavy (non-hydrogen) atoms. The fourth-order valence-electron chi connectivity index (χ4n) is 2.63. The van der Waals surface area contributed by atoms with E-state index in [1.54, 1.807) is 67.6 Å². The summed E-state index contributed by atoms with van der Waals surface area (Å²) in [7, 11) is 0. The number of benzene rings is 2. The quantitative estimate of drug-likeness (QED) is 0.127. The number of carbonyl (C=O) groups excluding carboxylic acids is 3. The second-order valence-corrected chi connectivity index (χ2v) is 6.44. The first kappa shape index (κ1) is 22.3. The number of hydrogen-bond donors (Lipinski definition) is 2. The zero-order chi connectivity index (χ0) is 22.1. The van der Waals surface area contributed by atoms with Crippen molar-refractivity contribution in [2.24, 2.45) is 5.73 Å². The molecular formula is C23H23N3O4. The first-order valence-corrected chi connectivity index (χ1v) is 9.14. The number of carbonyl (C=O) groups is 3. The SMILES string of the molecule is C=CCN(CC=O)C(=O)/C(C)=C/c1ccc(C(=O)Oc2ccc(C(=N)N)cc2)cc1. The molecule has 0 aliphatic heterocycles. The molecule has 7 heteroatoms. The Hall–Kier alpha value is -4.00. The number of nitrogens with zero attached hydrogens (tertiary/aromatic N) is 1. The van der Waals surface area contributed by atoms with Crippen molar-refractivity contribution in [2.75, 3.05) is 13.1 Å². The van der Waals surface area contributed by atoms with Crippen molar-refractivity contribution in [1.82, 2.24) is 4.90 Å². The summed E-state index contributed by atoms with van der Waals surface area (Å²) in [6, 6.07) is 12.9. The summed E-state index contributed by atoms with van der Waals surface area (Å²) < 4.78 is 5.31. The number of nitrogens with one attached hydrogen (secondary N) is 1. The van der Waals surface area contributed by atoms with E-state index in [2.05, 4.69) is 6.58 Å². The molecule has 2 rings (SSSR count). The van der Waals surface area contributed by atoms with Crippen molar-refractivity contribution in [1.29, 1.82) is 5.41 Å². The van der Waals surface area contributed by atoms with Gasteiger partial charge in [0, 0.05) is 17.7 Å². The molecule has 2 aromatic carbocycles. The van der Waals surface area contributed by atoms with E-state index in [-0.39, 0.29) is 24.8 Å². The van der Waals surface area contributed by atoms with Crippen LogP contribution in [-0.2, 0) is 9.59 Å². The van der Waals surface area contributed by atoms with Crippen LogP contribution in [0.2, 0.25) is 0 Å². The summed E-state index contributed by atoms with van der Waals surface area (Å²) in [5.41, 5.74) is 7.47. The number of nitrogens with two attached hydrogens (primary N) is 1. The van der Waals surface area contributed by atoms with Gasteiger partial charge in [0.2, 0.25) is 5.91 Å². The van der Waals surface area contributed by atoms with Gasteiger partial charge in [0.25, 0.3) is 0 Å². The molecule has 2 aromatic rings. The van der Waals surface area contributed by atoms with Crippen molar-refractivity contribution in [3.05, 3.63) is 83.4 Å². The smallest absolute Gasteiger partial charge is 0.343 e. The van der Waals surface area contributed by atoms with Crippen LogP contribution in [0.25, 0.3) is 6.08 Å². The second kappa shape index (κ2) is 10.5. The lowest BCUT2D eigenvalue weighted by molar-refractivity contribution is -0.128. The monoisotopic (exact) mass is 405 g/mol. The lowest BCUT2D eigenvalue weighted by atomic mass is 10.1. The van der Waals surface area contributed by atoms with E-state index in [0.717, 1.165) is 5.56 Å². The van der Waals surface area contributed by atoms with Crippen molar-refractivity contribution >= 4 is 30.1 Å². The Balaban J connectivity index is 2.07. The zero-order valence-corrected chi connectivity index (χ0v) is 16.6. The molecule has 0 spiro atoms. The minimum atomic E-state index is -0.531. The minimum absolute atomic E-state index is 0.00575. The summed E-state index contributed by atoms with van der Waals surface area (Å²) in [5, 5.41) is 7.36. The third-order valence-electron chi connectivity index (χ3n) is 4.17. The molecule has 3 N–H and O–H groups in total. The molecule has 0 aliphatic carbocycles. The number of ether oxygens (including phenoxy) is 1. The van der Waals surface area contributed by atoms with Crippen molar-refractivity contribution in [2.45, 2.75) is 6.92 Å². The van der Waals surface area contributed by atoms with Crippen LogP contribution in [0.5, 0.6) is 5.75 Å². The number of esters is 1. The molecule has 0 bridgehead atoms. The third-order valence-corrected chi connectivity index (χ3v) is 4.17. The largest absolute Gasteiger partial charge is 0.423 e. The van der Waals surface area contributed by atoms with E-state index in [1.807, 2.05) is 0 Å². The summed E-state index contributed by atoms with van der Waals surface area (Å²) in [6.07, 6.45) is 3.91. The van der Waals surface area contributed by atoms with Crippen LogP contribution in [0, 0.1) is 5.41 Å². The number of amides is 1. The third kappa shape index (κ3) is 6.00. The van der Waals surface area contributed by atoms with Crippen LogP contribution >= 0.6 is 0 Å². The maximum atomic E-state index is 12.4. The van der Waals surface area contributed by atoms with Crippen LogP contribution < -0.4 is 10.5 Å². The number of amidine groups is 1. The highest BCUT2D eigenvalue weighted by atomic mass is 16.5. The van der Waals surface area contributed by atoms with Gasteiger partial charge in [-0.05, 0) is 55.0 Å². The van der Waals surface area contributed by atoms with Gasteiger partial charge in [-0.2, -0.15) is 0 Å². The Labute approximate surface area is 175 Å². The number of rotatable bonds is 9. The topological polar surface area (TPSA) is 114 Å². The first-order valence-electron chi connectivity index (χ1n) is 9.14. The van der Waals surface area contributed by atoms with Gasteiger partial charge in [-0.3, -0.25) is 10.2 Å². The summed E-state index contributed by atoms with van der Waals surface area (Å²) in [5.74, 6) is -0.520. The van der Waals surface area contributed by atoms with Crippen molar-refractivity contribution < 1.29 is 19.1 Å². The van der Waals surface area contributed by atoms with Crippen LogP contribution in [0.1, 0.15) is 28.4 Å². The van der Waals surface area contributed by atoms with Gasteiger partial charge in [-0.1, -0.05) is 18.2 Å². The molecule has 0 unspecified atom stereocenters. The van der Waals surface area contributed by atoms with Crippen molar-refractivity contribution in [3.63, 3.8) is 0 Å². The molecule has 154 valence electrons. The molecule has 0 heterocycles. The van der Waals surface area contributed by atoms with Gasteiger partial charge in [-0.15, -0.1) is 6.58 Å². The second-order valence-electron chi connectivity index (χ2n) is 6.44. The maximum Gasteiger partial charge on any atom is 0.343 e. The fourth-order valence-corrected chi connectivity index (χ4v) is 2.63. The normalized spacial score (nSPS) is 10.8. The van der Waals surface area contributed by atoms with Crippen molar-refractivity contribution in [3.8, 4) is 5.75 Å². The number of hydrogen-bond acceptors (Lipinski definition) is 5. The van der Waals surface area contributed by atoms with Gasteiger partial charge < -0.3 is 20.2 Å². The molecule has 0 radical (unpaired) electrons. The number of nitrogen functional groups attached to an aromatic ring is 1. The molecule has 1 amide bonds. The average Bonchev–Trinajstić information content (AvgIpc) is 2.74. The molecule has 0 aliphatic rings. The van der Waals surface area contributed by atoms with Crippen LogP contribution in [0.4, 0.5) is 0 Å². The Bertz CT molecular complexity index is 967. The molecule has 7 nitrogen and oxygen atoms in total. The van der Waals surface area contributed by atoms with Crippen LogP contribution in [-0.4, -0.2) is 42.0 Å². The standard InChI is InChI=1S/C23H23N3O4/c1-3-12-26(13-14-27)22(28)16(2)15-17-4-6-19(7-5-17)23(29)30-20-10-8-18(9-11-20)21(24)25/h3-11,14-15H,1,12-13H2,2H3,(H3,24,25)/b16-15+. The summed E-state index contributed by atoms with van der Waals surface area (Å²) in [6.45, 7) is 5.52. The molecule has 0 aromatic heterocycles. The molecule has 0 saturated carbocycles. The van der Waals surface area contributed by atoms with Gasteiger partial charge >= 0.3 is 5.97 Å². The maximum absolute atomic E-state index is 12.4. The fraction of sp³-hybridized carbons (Fsp3) is 0.130. The predicted molar refractivity (Wildman–Crippen MR) is 115 cm³/mol. The van der Waals surface area contributed by atoms with E-state index in [1.165, 1.54) is 4.90 Å². The van der Waals surface area contributed by atoms with E-state index in [4.69, 9.17) is 15.9 Å². The molecule has 0 saturated heterocycles. The Morgan fingerprint density at radius 1 is 1.07 bits per heavy atom. The lowest BCUT2D eigenvalue weighted by Gasteiger charge is -2.18. The summed E-state index contributed by atoms with van der Waals surface area (Å²) in [4.78, 5) is 36.9. The van der Waals surface area contributed by atoms with Gasteiger partial charge in [0.15, 0.2) is 0 Å². The molecule has 0 fully saturated rings. The highest BCUT2D eigenvalue weighted by molar-refractivity contribution is 5.98. The Morgan fingerprint density at radius 2 is 1.67 bits per heavy atom. The zero-order valence-electron chi connectivity index (χ0n) is 16.6. The van der Waals surface area contributed by atoms with Crippen LogP contribution in [0.15, 0.2) is 66.8 Å². The first-order chi connectivity index (χ1) is 14.3. The van der Waals surface area contributed by atoms with E-state index < -0.39 is 5.97 Å². The minimum Gasteiger partial charge on any atom is -0.423 e. The Kier molecular flexibility index (Phi) is 7.82. The van der Waals surface area contributed by atoms with Gasteiger partial charge in [0.1, 0.15) is 17.9 Å².